The molecule has 5 rings (SSSR count). The van der Waals surface area contributed by atoms with Crippen LogP contribution in [0.1, 0.15) is 20.8 Å². The van der Waals surface area contributed by atoms with Crippen molar-refractivity contribution < 1.29 is 19.1 Å². The Morgan fingerprint density at radius 3 is 2.50 bits per heavy atom. The average molecular weight is 529 g/mol. The van der Waals surface area contributed by atoms with Crippen LogP contribution in [-0.2, 0) is 9.53 Å². The van der Waals surface area contributed by atoms with Gasteiger partial charge in [0.1, 0.15) is 10.6 Å². The first-order valence-electron chi connectivity index (χ1n) is 9.86. The molecule has 0 unspecified atom stereocenters. The largest absolute Gasteiger partial charge is 0.422 e. The van der Waals surface area contributed by atoms with Crippen LogP contribution in [0, 0.1) is 0 Å². The highest BCUT2D eigenvalue weighted by Crippen LogP contribution is 2.38. The molecule has 5 nitrogen and oxygen atoms in total. The van der Waals surface area contributed by atoms with E-state index in [0.29, 0.717) is 31.1 Å². The summed E-state index contributed by atoms with van der Waals surface area (Å²) in [5, 5.41) is 2.31. The van der Waals surface area contributed by atoms with Gasteiger partial charge in [-0.1, -0.05) is 59.1 Å². The molecule has 0 aliphatic carbocycles. The standard InChI is InChI=1S/C25H12Cl3NO4S/c26-15-7-5-13(6-8-15)24(30)32-19-4-2-1-3-14(19)11-18-25(31)33-23(29-18)22-21(28)17-10-9-16(27)12-20(17)34-22/h1-12H/b18-11+. The van der Waals surface area contributed by atoms with Gasteiger partial charge in [-0.3, -0.25) is 0 Å². The molecule has 1 aliphatic heterocycles. The van der Waals surface area contributed by atoms with Crippen LogP contribution in [0.15, 0.2) is 77.4 Å². The van der Waals surface area contributed by atoms with Gasteiger partial charge in [-0.05, 0) is 48.5 Å². The Balaban J connectivity index is 1.46. The molecule has 0 spiro atoms. The molecule has 168 valence electrons. The van der Waals surface area contributed by atoms with Crippen molar-refractivity contribution >= 4 is 80.1 Å². The Morgan fingerprint density at radius 1 is 0.971 bits per heavy atom. The van der Waals surface area contributed by atoms with Crippen molar-refractivity contribution in [1.29, 1.82) is 0 Å². The molecule has 9 heteroatoms. The second kappa shape index (κ2) is 9.24. The first kappa shape index (κ1) is 22.6. The van der Waals surface area contributed by atoms with E-state index in [9.17, 15) is 9.59 Å². The van der Waals surface area contributed by atoms with Gasteiger partial charge < -0.3 is 9.47 Å². The van der Waals surface area contributed by atoms with Crippen LogP contribution in [0.4, 0.5) is 0 Å². The molecule has 0 fully saturated rings. The summed E-state index contributed by atoms with van der Waals surface area (Å²) in [6.07, 6.45) is 1.50. The van der Waals surface area contributed by atoms with Gasteiger partial charge >= 0.3 is 11.9 Å². The minimum Gasteiger partial charge on any atom is -0.422 e. The monoisotopic (exact) mass is 527 g/mol. The van der Waals surface area contributed by atoms with Gasteiger partial charge in [0.2, 0.25) is 5.90 Å². The number of benzene rings is 3. The van der Waals surface area contributed by atoms with Crippen LogP contribution in [0.5, 0.6) is 5.75 Å². The quantitative estimate of drug-likeness (QED) is 0.157. The number of thiophene rings is 1. The lowest BCUT2D eigenvalue weighted by Gasteiger charge is -2.07. The van der Waals surface area contributed by atoms with Crippen molar-refractivity contribution in [3.8, 4) is 5.75 Å². The molecule has 0 amide bonds. The Labute approximate surface area is 212 Å². The summed E-state index contributed by atoms with van der Waals surface area (Å²) in [6, 6.07) is 18.5. The summed E-state index contributed by atoms with van der Waals surface area (Å²) < 4.78 is 11.8. The lowest BCUT2D eigenvalue weighted by Crippen LogP contribution is -2.09. The highest BCUT2D eigenvalue weighted by atomic mass is 35.5. The number of fused-ring (bicyclic) bond motifs is 1. The second-order valence-electron chi connectivity index (χ2n) is 7.16. The van der Waals surface area contributed by atoms with Crippen molar-refractivity contribution in [2.75, 3.05) is 0 Å². The Hall–Kier alpha value is -3.16. The van der Waals surface area contributed by atoms with E-state index in [2.05, 4.69) is 4.99 Å². The van der Waals surface area contributed by atoms with Crippen molar-refractivity contribution in [1.82, 2.24) is 0 Å². The fourth-order valence-corrected chi connectivity index (χ4v) is 5.11. The summed E-state index contributed by atoms with van der Waals surface area (Å²) in [5.74, 6) is -0.827. The fourth-order valence-electron chi connectivity index (χ4n) is 3.27. The van der Waals surface area contributed by atoms with Crippen molar-refractivity contribution in [3.63, 3.8) is 0 Å². The van der Waals surface area contributed by atoms with E-state index >= 15 is 0 Å². The van der Waals surface area contributed by atoms with Crippen LogP contribution in [0.3, 0.4) is 0 Å². The molecule has 4 aromatic rings. The van der Waals surface area contributed by atoms with E-state index in [4.69, 9.17) is 44.3 Å². The number of para-hydroxylation sites is 1. The number of carbonyl (C=O) groups is 2. The first-order valence-corrected chi connectivity index (χ1v) is 11.8. The zero-order valence-electron chi connectivity index (χ0n) is 17.1. The van der Waals surface area contributed by atoms with E-state index < -0.39 is 11.9 Å². The molecule has 34 heavy (non-hydrogen) atoms. The SMILES string of the molecule is O=C1OC(c2sc3cc(Cl)ccc3c2Cl)=N/C1=C/c1ccccc1OC(=O)c1ccc(Cl)cc1. The van der Waals surface area contributed by atoms with Gasteiger partial charge in [0.15, 0.2) is 5.70 Å². The third kappa shape index (κ3) is 4.45. The van der Waals surface area contributed by atoms with Crippen LogP contribution >= 0.6 is 46.1 Å². The molecule has 0 atom stereocenters. The lowest BCUT2D eigenvalue weighted by molar-refractivity contribution is -0.129. The number of hydrogen-bond acceptors (Lipinski definition) is 6. The predicted octanol–water partition coefficient (Wildman–Crippen LogP) is 7.43. The van der Waals surface area contributed by atoms with Gasteiger partial charge in [-0.25, -0.2) is 14.6 Å². The van der Waals surface area contributed by atoms with Gasteiger partial charge in [0.25, 0.3) is 0 Å². The normalized spacial score (nSPS) is 14.4. The molecule has 1 aliphatic rings. The smallest absolute Gasteiger partial charge is 0.363 e. The van der Waals surface area contributed by atoms with Gasteiger partial charge in [-0.15, -0.1) is 11.3 Å². The van der Waals surface area contributed by atoms with Gasteiger partial charge in [-0.2, -0.15) is 0 Å². The zero-order valence-corrected chi connectivity index (χ0v) is 20.1. The van der Waals surface area contributed by atoms with Crippen LogP contribution < -0.4 is 4.74 Å². The summed E-state index contributed by atoms with van der Waals surface area (Å²) >= 11 is 19.8. The molecular weight excluding hydrogens is 517 g/mol. The average Bonchev–Trinajstić information content (AvgIpc) is 3.34. The second-order valence-corrected chi connectivity index (χ2v) is 9.46. The number of esters is 2. The Kier molecular flexibility index (Phi) is 6.15. The third-order valence-electron chi connectivity index (χ3n) is 4.90. The molecule has 2 heterocycles. The van der Waals surface area contributed by atoms with Gasteiger partial charge in [0.05, 0.1) is 10.6 Å². The first-order chi connectivity index (χ1) is 16.4. The summed E-state index contributed by atoms with van der Waals surface area (Å²) in [6.45, 7) is 0. The molecule has 0 saturated heterocycles. The number of hydrogen-bond donors (Lipinski definition) is 0. The number of rotatable bonds is 4. The van der Waals surface area contributed by atoms with E-state index in [-0.39, 0.29) is 17.3 Å². The Bertz CT molecular complexity index is 1520. The fraction of sp³-hybridized carbons (Fsp3) is 0. The van der Waals surface area contributed by atoms with Crippen LogP contribution in [0.25, 0.3) is 16.2 Å². The molecule has 0 radical (unpaired) electrons. The minimum absolute atomic E-state index is 0.0524. The predicted molar refractivity (Wildman–Crippen MR) is 135 cm³/mol. The zero-order chi connectivity index (χ0) is 23.8. The van der Waals surface area contributed by atoms with Crippen molar-refractivity contribution in [2.24, 2.45) is 4.99 Å². The molecule has 0 bridgehead atoms. The van der Waals surface area contributed by atoms with E-state index in [1.54, 1.807) is 66.7 Å². The van der Waals surface area contributed by atoms with Crippen LogP contribution in [-0.4, -0.2) is 17.8 Å². The maximum atomic E-state index is 12.5. The summed E-state index contributed by atoms with van der Waals surface area (Å²) in [5.41, 5.74) is 0.875. The van der Waals surface area contributed by atoms with Gasteiger partial charge in [0, 0.05) is 25.7 Å². The number of aliphatic imine (C=N–C) groups is 1. The maximum Gasteiger partial charge on any atom is 0.363 e. The van der Waals surface area contributed by atoms with E-state index in [1.807, 2.05) is 0 Å². The topological polar surface area (TPSA) is 65.0 Å². The number of halogens is 3. The van der Waals surface area contributed by atoms with Crippen molar-refractivity contribution in [3.05, 3.63) is 103 Å². The highest BCUT2D eigenvalue weighted by Gasteiger charge is 2.28. The highest BCUT2D eigenvalue weighted by molar-refractivity contribution is 7.21. The lowest BCUT2D eigenvalue weighted by atomic mass is 10.1. The molecule has 3 aromatic carbocycles. The van der Waals surface area contributed by atoms with Crippen molar-refractivity contribution in [2.45, 2.75) is 0 Å². The summed E-state index contributed by atoms with van der Waals surface area (Å²) in [4.78, 5) is 30.0. The number of nitrogens with zero attached hydrogens (tertiary/aromatic N) is 1. The third-order valence-corrected chi connectivity index (χ3v) is 7.03. The number of carbonyl (C=O) groups excluding carboxylic acids is 2. The number of ether oxygens (including phenoxy) is 2. The molecule has 0 saturated carbocycles. The molecule has 0 N–H and O–H groups in total. The van der Waals surface area contributed by atoms with E-state index in [0.717, 1.165) is 10.1 Å². The van der Waals surface area contributed by atoms with Crippen LogP contribution in [0.2, 0.25) is 15.1 Å². The Morgan fingerprint density at radius 2 is 1.71 bits per heavy atom. The molecular formula is C25H12Cl3NO4S. The van der Waals surface area contributed by atoms with E-state index in [1.165, 1.54) is 17.4 Å². The molecule has 1 aromatic heterocycles. The number of cyclic esters (lactones) is 1. The minimum atomic E-state index is -0.639. The maximum absolute atomic E-state index is 12.5. The summed E-state index contributed by atoms with van der Waals surface area (Å²) in [7, 11) is 0.